The lowest BCUT2D eigenvalue weighted by Crippen LogP contribution is -2.45. The average Bonchev–Trinajstić information content (AvgIpc) is 3.68. The fraction of sp³-hybridized carbons (Fsp3) is 0.639. The van der Waals surface area contributed by atoms with Crippen molar-refractivity contribution in [2.75, 3.05) is 13.1 Å². The van der Waals surface area contributed by atoms with Gasteiger partial charge in [0.15, 0.2) is 0 Å². The van der Waals surface area contributed by atoms with Crippen molar-refractivity contribution in [3.05, 3.63) is 41.8 Å². The summed E-state index contributed by atoms with van der Waals surface area (Å²) in [4.78, 5) is 21.4. The van der Waals surface area contributed by atoms with Gasteiger partial charge in [-0.25, -0.2) is 9.97 Å². The highest BCUT2D eigenvalue weighted by Gasteiger charge is 2.24. The van der Waals surface area contributed by atoms with E-state index in [2.05, 4.69) is 9.71 Å². The summed E-state index contributed by atoms with van der Waals surface area (Å²) in [5.74, 6) is 0.587. The summed E-state index contributed by atoms with van der Waals surface area (Å²) in [5.41, 5.74) is 2.57. The molecule has 0 spiro atoms. The number of para-hydroxylation sites is 2. The minimum atomic E-state index is -3.20. The van der Waals surface area contributed by atoms with Crippen molar-refractivity contribution in [1.29, 1.82) is 0 Å². The Labute approximate surface area is 291 Å². The van der Waals surface area contributed by atoms with Crippen LogP contribution in [0.25, 0.3) is 21.6 Å². The van der Waals surface area contributed by atoms with Crippen LogP contribution in [0.4, 0.5) is 0 Å². The third-order valence-corrected chi connectivity index (χ3v) is 9.43. The number of hydrogen-bond donors (Lipinski definition) is 1. The molecule has 270 valence electrons. The van der Waals surface area contributed by atoms with Gasteiger partial charge in [-0.15, -0.1) is 11.3 Å². The number of rotatable bonds is 8. The van der Waals surface area contributed by atoms with Crippen LogP contribution in [0.15, 0.2) is 41.8 Å². The summed E-state index contributed by atoms with van der Waals surface area (Å²) in [7, 11) is -3.20. The number of piperidine rings is 1. The van der Waals surface area contributed by atoms with E-state index < -0.39 is 10.2 Å². The Hall–Kier alpha value is -2.60. The van der Waals surface area contributed by atoms with Crippen LogP contribution in [0.1, 0.15) is 116 Å². The van der Waals surface area contributed by atoms with E-state index in [1.165, 1.54) is 17.1 Å². The molecule has 0 atom stereocenters. The molecule has 0 unspecified atom stereocenters. The van der Waals surface area contributed by atoms with Crippen LogP contribution in [-0.4, -0.2) is 60.0 Å². The second kappa shape index (κ2) is 22.9. The van der Waals surface area contributed by atoms with Gasteiger partial charge in [0.05, 0.1) is 27.9 Å². The van der Waals surface area contributed by atoms with Gasteiger partial charge in [-0.3, -0.25) is 4.79 Å². The zero-order valence-electron chi connectivity index (χ0n) is 26.4. The first-order valence-electron chi connectivity index (χ1n) is 15.4. The first-order chi connectivity index (χ1) is 20.5. The zero-order valence-corrected chi connectivity index (χ0v) is 28.0. The quantitative estimate of drug-likeness (QED) is 0.234. The molecule has 2 fully saturated rings. The topological polar surface area (TPSA) is 111 Å². The summed E-state index contributed by atoms with van der Waals surface area (Å²) in [6.45, 7) is 12.7. The molecule has 9 nitrogen and oxygen atoms in total. The Morgan fingerprint density at radius 1 is 0.851 bits per heavy atom. The van der Waals surface area contributed by atoms with E-state index in [-0.39, 0.29) is 59.8 Å². The van der Waals surface area contributed by atoms with Crippen LogP contribution >= 0.6 is 11.3 Å². The van der Waals surface area contributed by atoms with Crippen molar-refractivity contribution in [3.63, 3.8) is 0 Å². The predicted molar refractivity (Wildman–Crippen MR) is 201 cm³/mol. The number of thiophene rings is 1. The lowest BCUT2D eigenvalue weighted by molar-refractivity contribution is -0.152. The van der Waals surface area contributed by atoms with Gasteiger partial charge in [0.25, 0.3) is 10.2 Å². The van der Waals surface area contributed by atoms with E-state index in [4.69, 9.17) is 14.5 Å². The Kier molecular flexibility index (Phi) is 22.6. The van der Waals surface area contributed by atoms with E-state index in [1.54, 1.807) is 11.3 Å². The van der Waals surface area contributed by atoms with Crippen LogP contribution in [-0.2, 0) is 19.7 Å². The maximum Gasteiger partial charge on any atom is 0.308 e. The Morgan fingerprint density at radius 2 is 1.43 bits per heavy atom. The summed E-state index contributed by atoms with van der Waals surface area (Å²) in [5, 5.41) is 2.03. The number of ether oxygens (including phenoxy) is 2. The fourth-order valence-electron chi connectivity index (χ4n) is 4.65. The number of fused-ring (bicyclic) bond motifs is 1. The number of aromatic nitrogens is 2. The molecule has 0 bridgehead atoms. The van der Waals surface area contributed by atoms with Crippen molar-refractivity contribution in [3.8, 4) is 16.5 Å². The second-order valence-electron chi connectivity index (χ2n) is 11.7. The van der Waals surface area contributed by atoms with Gasteiger partial charge in [0.1, 0.15) is 11.8 Å². The van der Waals surface area contributed by atoms with Gasteiger partial charge in [-0.2, -0.15) is 17.4 Å². The van der Waals surface area contributed by atoms with E-state index >= 15 is 0 Å². The average molecular weight is 697 g/mol. The Bertz CT molecular complexity index is 1370. The van der Waals surface area contributed by atoms with Gasteiger partial charge < -0.3 is 9.47 Å². The first kappa shape index (κ1) is 46.5. The molecule has 3 aromatic rings. The summed E-state index contributed by atoms with van der Waals surface area (Å²) in [6.07, 6.45) is 7.99. The molecule has 2 aliphatic rings. The number of esters is 1. The second-order valence-corrected chi connectivity index (χ2v) is 14.4. The Balaban J connectivity index is 0. The predicted octanol–water partition coefficient (Wildman–Crippen LogP) is 9.53. The fourth-order valence-corrected chi connectivity index (χ4v) is 6.84. The molecule has 11 heteroatoms. The van der Waals surface area contributed by atoms with Crippen LogP contribution in [0, 0.1) is 5.92 Å². The van der Waals surface area contributed by atoms with Crippen molar-refractivity contribution >= 4 is 38.5 Å². The van der Waals surface area contributed by atoms with Crippen LogP contribution < -0.4 is 9.46 Å². The SMILES string of the molecule is C.C.C.C.CC(C)C(=O)OC1CCCC1.CC(C)NS(=O)(=O)N1CCCCC1.CC(C)Oc1nc2ccccc2nc1-c1cccs1. The van der Waals surface area contributed by atoms with Gasteiger partial charge in [0.2, 0.25) is 5.88 Å². The largest absolute Gasteiger partial charge is 0.473 e. The highest BCUT2D eigenvalue weighted by atomic mass is 32.2. The highest BCUT2D eigenvalue weighted by molar-refractivity contribution is 7.87. The molecule has 1 aromatic carbocycles. The number of carbonyl (C=O) groups excluding carboxylic acids is 1. The molecular formula is C36H64N4O5S2. The summed E-state index contributed by atoms with van der Waals surface area (Å²) < 4.78 is 38.4. The molecule has 1 aliphatic carbocycles. The molecule has 1 aliphatic heterocycles. The molecule has 2 aromatic heterocycles. The molecule has 0 radical (unpaired) electrons. The third kappa shape index (κ3) is 15.4. The van der Waals surface area contributed by atoms with E-state index in [0.717, 1.165) is 53.7 Å². The lowest BCUT2D eigenvalue weighted by Gasteiger charge is -2.26. The number of nitrogens with zero attached hydrogens (tertiary/aromatic N) is 3. The molecule has 5 rings (SSSR count). The van der Waals surface area contributed by atoms with Crippen LogP contribution in [0.5, 0.6) is 5.88 Å². The van der Waals surface area contributed by atoms with Crippen LogP contribution in [0.2, 0.25) is 0 Å². The van der Waals surface area contributed by atoms with Gasteiger partial charge in [0, 0.05) is 19.1 Å². The number of nitrogens with one attached hydrogen (secondary N) is 1. The van der Waals surface area contributed by atoms with Crippen molar-refractivity contribution in [1.82, 2.24) is 19.0 Å². The first-order valence-corrected chi connectivity index (χ1v) is 17.7. The van der Waals surface area contributed by atoms with Crippen molar-refractivity contribution in [2.24, 2.45) is 5.92 Å². The van der Waals surface area contributed by atoms with E-state index in [1.807, 2.05) is 83.3 Å². The maximum atomic E-state index is 11.6. The van der Waals surface area contributed by atoms with E-state index in [9.17, 15) is 13.2 Å². The number of benzene rings is 1. The zero-order chi connectivity index (χ0) is 31.4. The molecule has 1 saturated carbocycles. The number of hydrogen-bond acceptors (Lipinski definition) is 8. The minimum absolute atomic E-state index is 0. The molecule has 0 amide bonds. The van der Waals surface area contributed by atoms with Crippen LogP contribution in [0.3, 0.4) is 0 Å². The molecule has 47 heavy (non-hydrogen) atoms. The maximum absolute atomic E-state index is 11.6. The van der Waals surface area contributed by atoms with Crippen molar-refractivity contribution < 1.29 is 22.7 Å². The van der Waals surface area contributed by atoms with Crippen molar-refractivity contribution in [2.45, 2.75) is 134 Å². The van der Waals surface area contributed by atoms with Gasteiger partial charge in [-0.05, 0) is 89.8 Å². The Morgan fingerprint density at radius 3 is 1.91 bits per heavy atom. The van der Waals surface area contributed by atoms with E-state index in [0.29, 0.717) is 19.0 Å². The standard InChI is InChI=1S/C15H14N2OS.C9H16O2.C8H18N2O2S.4CH4/c1-10(2)18-15-14(13-8-5-9-19-13)16-11-6-3-4-7-12(11)17-15;1-7(2)9(10)11-8-5-3-4-6-8;1-8(2)9-13(11,12)10-6-4-3-5-7-10;;;;/h3-10H,1-2H3;7-8H,3-6H2,1-2H3;8-9H,3-7H2,1-2H3;4*1H4. The van der Waals surface area contributed by atoms with Gasteiger partial charge in [-0.1, -0.05) is 68.2 Å². The highest BCUT2D eigenvalue weighted by Crippen LogP contribution is 2.32. The van der Waals surface area contributed by atoms with Gasteiger partial charge >= 0.3 is 5.97 Å². The molecule has 1 saturated heterocycles. The smallest absolute Gasteiger partial charge is 0.308 e. The monoisotopic (exact) mass is 696 g/mol. The minimum Gasteiger partial charge on any atom is -0.473 e. The summed E-state index contributed by atoms with van der Waals surface area (Å²) in [6, 6.07) is 11.9. The molecule has 3 heterocycles. The lowest BCUT2D eigenvalue weighted by atomic mass is 10.2. The third-order valence-electron chi connectivity index (χ3n) is 6.74. The summed E-state index contributed by atoms with van der Waals surface area (Å²) >= 11 is 1.64. The number of carbonyl (C=O) groups is 1. The normalized spacial score (nSPS) is 14.7. The molecule has 1 N–H and O–H groups in total. The molecular weight excluding hydrogens is 633 g/mol.